The van der Waals surface area contributed by atoms with Gasteiger partial charge in [-0.15, -0.1) is 11.3 Å². The number of hydrogen-bond acceptors (Lipinski definition) is 7. The molecule has 1 aromatic carbocycles. The van der Waals surface area contributed by atoms with E-state index < -0.39 is 46.4 Å². The molecule has 0 radical (unpaired) electrons. The van der Waals surface area contributed by atoms with E-state index in [1.54, 1.807) is 19.2 Å². The topological polar surface area (TPSA) is 145 Å². The summed E-state index contributed by atoms with van der Waals surface area (Å²) >= 11 is 6.85. The molecule has 1 aromatic heterocycles. The Kier molecular flexibility index (Phi) is 7.96. The highest BCUT2D eigenvalue weighted by Crippen LogP contribution is 2.22. The molecule has 12 heteroatoms. The van der Waals surface area contributed by atoms with Crippen molar-refractivity contribution in [3.05, 3.63) is 46.3 Å². The Morgan fingerprint density at radius 3 is 2.37 bits per heavy atom. The molecular weight excluding hydrogens is 454 g/mol. The number of sulfonamides is 1. The smallest absolute Gasteiger partial charge is 0.324 e. The zero-order valence-corrected chi connectivity index (χ0v) is 18.4. The van der Waals surface area contributed by atoms with Gasteiger partial charge in [-0.05, 0) is 41.6 Å². The van der Waals surface area contributed by atoms with Crippen LogP contribution in [0.5, 0.6) is 0 Å². The monoisotopic (exact) mass is 473 g/mol. The minimum Gasteiger partial charge on any atom is -0.454 e. The van der Waals surface area contributed by atoms with Crippen LogP contribution in [0.25, 0.3) is 0 Å². The van der Waals surface area contributed by atoms with E-state index >= 15 is 0 Å². The molecule has 1 atom stereocenters. The van der Waals surface area contributed by atoms with Crippen molar-refractivity contribution in [2.45, 2.75) is 24.8 Å². The molecule has 9 nitrogen and oxygen atoms in total. The summed E-state index contributed by atoms with van der Waals surface area (Å²) < 4.78 is 32.3. The molecule has 30 heavy (non-hydrogen) atoms. The van der Waals surface area contributed by atoms with Crippen molar-refractivity contribution >= 4 is 55.7 Å². The molecule has 0 saturated heterocycles. The lowest BCUT2D eigenvalue weighted by molar-refractivity contribution is -0.150. The lowest BCUT2D eigenvalue weighted by Crippen LogP contribution is -2.45. The van der Waals surface area contributed by atoms with Crippen LogP contribution in [0, 0.1) is 5.92 Å². The maximum atomic E-state index is 12.5. The van der Waals surface area contributed by atoms with Gasteiger partial charge >= 0.3 is 5.97 Å². The van der Waals surface area contributed by atoms with Crippen molar-refractivity contribution in [2.75, 3.05) is 11.9 Å². The van der Waals surface area contributed by atoms with Crippen molar-refractivity contribution in [2.24, 2.45) is 11.7 Å². The van der Waals surface area contributed by atoms with Crippen molar-refractivity contribution < 1.29 is 27.5 Å². The van der Waals surface area contributed by atoms with Crippen LogP contribution in [0.15, 0.2) is 40.6 Å². The third-order valence-corrected chi connectivity index (χ3v) is 6.39. The number of thiophene rings is 1. The minimum atomic E-state index is -4.02. The number of esters is 1. The average molecular weight is 474 g/mol. The van der Waals surface area contributed by atoms with Gasteiger partial charge in [0.1, 0.15) is 11.0 Å². The molecule has 2 amide bonds. The quantitative estimate of drug-likeness (QED) is 0.475. The first kappa shape index (κ1) is 23.8. The standard InChI is InChI=1S/C18H20ClN3O6S2/c1-10(2)15(22-30(26,27)12-5-3-11(19)4-6-12)18(25)28-9-14(23)21-17-13(16(20)24)7-8-29-17/h3-8,10,15,22H,9H2,1-2H3,(H2,20,24)(H,21,23). The average Bonchev–Trinajstić information content (AvgIpc) is 3.12. The van der Waals surface area contributed by atoms with E-state index in [4.69, 9.17) is 22.1 Å². The van der Waals surface area contributed by atoms with Crippen LogP contribution in [0.4, 0.5) is 5.00 Å². The van der Waals surface area contributed by atoms with Gasteiger partial charge < -0.3 is 15.8 Å². The van der Waals surface area contributed by atoms with Crippen LogP contribution in [-0.2, 0) is 24.3 Å². The fourth-order valence-electron chi connectivity index (χ4n) is 2.29. The van der Waals surface area contributed by atoms with Gasteiger partial charge in [-0.1, -0.05) is 25.4 Å². The first-order chi connectivity index (χ1) is 14.0. The van der Waals surface area contributed by atoms with Crippen LogP contribution >= 0.6 is 22.9 Å². The summed E-state index contributed by atoms with van der Waals surface area (Å²) in [4.78, 5) is 35.7. The Hall–Kier alpha value is -2.47. The summed E-state index contributed by atoms with van der Waals surface area (Å²) in [5.41, 5.74) is 5.34. The number of amides is 2. The normalized spacial score (nSPS) is 12.4. The predicted molar refractivity (Wildman–Crippen MR) is 113 cm³/mol. The summed E-state index contributed by atoms with van der Waals surface area (Å²) in [6, 6.07) is 5.66. The second-order valence-corrected chi connectivity index (χ2v) is 9.55. The van der Waals surface area contributed by atoms with Crippen molar-refractivity contribution in [1.82, 2.24) is 4.72 Å². The van der Waals surface area contributed by atoms with Gasteiger partial charge in [-0.25, -0.2) is 8.42 Å². The largest absolute Gasteiger partial charge is 0.454 e. The Balaban J connectivity index is 2.01. The molecule has 0 aliphatic carbocycles. The van der Waals surface area contributed by atoms with E-state index in [1.165, 1.54) is 30.3 Å². The first-order valence-electron chi connectivity index (χ1n) is 8.63. The number of hydrogen-bond donors (Lipinski definition) is 3. The number of anilines is 1. The summed E-state index contributed by atoms with van der Waals surface area (Å²) in [5, 5.41) is 4.59. The van der Waals surface area contributed by atoms with Gasteiger partial charge in [0, 0.05) is 5.02 Å². The number of nitrogens with two attached hydrogens (primary N) is 1. The Morgan fingerprint density at radius 2 is 1.80 bits per heavy atom. The van der Waals surface area contributed by atoms with E-state index in [-0.39, 0.29) is 15.5 Å². The summed E-state index contributed by atoms with van der Waals surface area (Å²) in [5.74, 6) is -2.78. The van der Waals surface area contributed by atoms with Gasteiger partial charge in [0.25, 0.3) is 11.8 Å². The predicted octanol–water partition coefficient (Wildman–Crippen LogP) is 1.99. The van der Waals surface area contributed by atoms with E-state index in [0.29, 0.717) is 5.02 Å². The summed E-state index contributed by atoms with van der Waals surface area (Å²) in [7, 11) is -4.02. The SMILES string of the molecule is CC(C)C(NS(=O)(=O)c1ccc(Cl)cc1)C(=O)OCC(=O)Nc1sccc1C(N)=O. The van der Waals surface area contributed by atoms with Crippen LogP contribution in [0.3, 0.4) is 0 Å². The van der Waals surface area contributed by atoms with Crippen molar-refractivity contribution in [3.63, 3.8) is 0 Å². The number of ether oxygens (including phenoxy) is 1. The molecule has 0 bridgehead atoms. The van der Waals surface area contributed by atoms with E-state index in [9.17, 15) is 22.8 Å². The highest BCUT2D eigenvalue weighted by molar-refractivity contribution is 7.89. The van der Waals surface area contributed by atoms with Gasteiger partial charge in [-0.2, -0.15) is 4.72 Å². The van der Waals surface area contributed by atoms with E-state index in [0.717, 1.165) is 11.3 Å². The molecule has 0 fully saturated rings. The highest BCUT2D eigenvalue weighted by Gasteiger charge is 2.30. The first-order valence-corrected chi connectivity index (χ1v) is 11.4. The third kappa shape index (κ3) is 6.26. The lowest BCUT2D eigenvalue weighted by atomic mass is 10.1. The van der Waals surface area contributed by atoms with Crippen molar-refractivity contribution in [3.8, 4) is 0 Å². The zero-order chi connectivity index (χ0) is 22.5. The number of primary amides is 1. The van der Waals surface area contributed by atoms with Crippen LogP contribution in [-0.4, -0.2) is 38.9 Å². The van der Waals surface area contributed by atoms with E-state index in [1.807, 2.05) is 0 Å². The summed E-state index contributed by atoms with van der Waals surface area (Å²) in [6.45, 7) is 2.59. The molecule has 0 aliphatic rings. The Labute approximate surface area is 182 Å². The second kappa shape index (κ2) is 10.0. The van der Waals surface area contributed by atoms with Gasteiger partial charge in [-0.3, -0.25) is 14.4 Å². The highest BCUT2D eigenvalue weighted by atomic mass is 35.5. The molecule has 2 rings (SSSR count). The lowest BCUT2D eigenvalue weighted by Gasteiger charge is -2.20. The molecule has 0 aliphatic heterocycles. The third-order valence-electron chi connectivity index (χ3n) is 3.86. The molecule has 4 N–H and O–H groups in total. The molecule has 2 aromatic rings. The van der Waals surface area contributed by atoms with E-state index in [2.05, 4.69) is 10.0 Å². The molecule has 1 heterocycles. The molecule has 0 saturated carbocycles. The van der Waals surface area contributed by atoms with Crippen LogP contribution < -0.4 is 15.8 Å². The number of rotatable bonds is 9. The van der Waals surface area contributed by atoms with Gasteiger partial charge in [0.05, 0.1) is 10.5 Å². The zero-order valence-electron chi connectivity index (χ0n) is 16.0. The van der Waals surface area contributed by atoms with Crippen LogP contribution in [0.2, 0.25) is 5.02 Å². The fourth-order valence-corrected chi connectivity index (χ4v) is 4.56. The van der Waals surface area contributed by atoms with Gasteiger partial charge in [0.2, 0.25) is 10.0 Å². The maximum absolute atomic E-state index is 12.5. The number of benzene rings is 1. The number of halogens is 1. The number of nitrogens with one attached hydrogen (secondary N) is 2. The molecule has 0 spiro atoms. The molecule has 1 unspecified atom stereocenters. The van der Waals surface area contributed by atoms with Crippen LogP contribution in [0.1, 0.15) is 24.2 Å². The molecular formula is C18H20ClN3O6S2. The fraction of sp³-hybridized carbons (Fsp3) is 0.278. The summed E-state index contributed by atoms with van der Waals surface area (Å²) in [6.07, 6.45) is 0. The Morgan fingerprint density at radius 1 is 1.17 bits per heavy atom. The maximum Gasteiger partial charge on any atom is 0.324 e. The molecule has 162 valence electrons. The van der Waals surface area contributed by atoms with Crippen molar-refractivity contribution in [1.29, 1.82) is 0 Å². The second-order valence-electron chi connectivity index (χ2n) is 6.48. The number of carbonyl (C=O) groups excluding carboxylic acids is 3. The number of carbonyl (C=O) groups is 3. The van der Waals surface area contributed by atoms with Gasteiger partial charge in [0.15, 0.2) is 6.61 Å². The Bertz CT molecular complexity index is 1030. The minimum absolute atomic E-state index is 0.0697.